The summed E-state index contributed by atoms with van der Waals surface area (Å²) >= 11 is 6.03. The second-order valence-corrected chi connectivity index (χ2v) is 3.86. The molecule has 14 heavy (non-hydrogen) atoms. The molecule has 1 aromatic heterocycles. The van der Waals surface area contributed by atoms with Gasteiger partial charge in [-0.25, -0.2) is 0 Å². The van der Waals surface area contributed by atoms with Crippen molar-refractivity contribution in [3.05, 3.63) is 46.7 Å². The van der Waals surface area contributed by atoms with Crippen molar-refractivity contribution in [1.29, 1.82) is 0 Å². The summed E-state index contributed by atoms with van der Waals surface area (Å²) in [5.74, 6) is 0.865. The lowest BCUT2D eigenvalue weighted by Gasteiger charge is -2.00. The van der Waals surface area contributed by atoms with Gasteiger partial charge in [-0.3, -0.25) is 0 Å². The van der Waals surface area contributed by atoms with Gasteiger partial charge in [-0.2, -0.15) is 0 Å². The molecular weight excluding hydrogens is 196 g/mol. The van der Waals surface area contributed by atoms with Crippen LogP contribution in [0, 0.1) is 13.8 Å². The quantitative estimate of drug-likeness (QED) is 0.681. The Morgan fingerprint density at radius 2 is 1.93 bits per heavy atom. The van der Waals surface area contributed by atoms with Crippen molar-refractivity contribution in [1.82, 2.24) is 0 Å². The van der Waals surface area contributed by atoms with Crippen LogP contribution in [0.25, 0.3) is 11.3 Å². The van der Waals surface area contributed by atoms with E-state index in [0.29, 0.717) is 0 Å². The molecule has 0 atom stereocenters. The number of hydrogen-bond acceptors (Lipinski definition) is 1. The Labute approximate surface area is 88.3 Å². The molecule has 0 aliphatic rings. The van der Waals surface area contributed by atoms with E-state index in [-0.39, 0.29) is 0 Å². The zero-order chi connectivity index (χ0) is 10.1. The zero-order valence-corrected chi connectivity index (χ0v) is 8.93. The second-order valence-electron chi connectivity index (χ2n) is 3.45. The molecule has 0 aliphatic heterocycles. The van der Waals surface area contributed by atoms with Crippen molar-refractivity contribution >= 4 is 11.6 Å². The highest BCUT2D eigenvalue weighted by molar-refractivity contribution is 6.31. The molecule has 0 saturated heterocycles. The van der Waals surface area contributed by atoms with Gasteiger partial charge in [0.2, 0.25) is 0 Å². The minimum absolute atomic E-state index is 0.775. The fourth-order valence-corrected chi connectivity index (χ4v) is 1.51. The van der Waals surface area contributed by atoms with E-state index in [1.807, 2.05) is 38.1 Å². The van der Waals surface area contributed by atoms with Crippen LogP contribution in [0.4, 0.5) is 0 Å². The van der Waals surface area contributed by atoms with Gasteiger partial charge in [0.25, 0.3) is 0 Å². The molecule has 0 radical (unpaired) electrons. The number of furan rings is 1. The maximum Gasteiger partial charge on any atom is 0.134 e. The Morgan fingerprint density at radius 1 is 1.14 bits per heavy atom. The summed E-state index contributed by atoms with van der Waals surface area (Å²) in [6, 6.07) is 7.94. The van der Waals surface area contributed by atoms with Gasteiger partial charge < -0.3 is 4.42 Å². The molecule has 2 aromatic rings. The minimum atomic E-state index is 0.775. The van der Waals surface area contributed by atoms with Gasteiger partial charge >= 0.3 is 0 Å². The first-order valence-electron chi connectivity index (χ1n) is 4.48. The third kappa shape index (κ3) is 1.68. The number of halogens is 1. The fraction of sp³-hybridized carbons (Fsp3) is 0.167. The average Bonchev–Trinajstić information content (AvgIpc) is 2.57. The summed E-state index contributed by atoms with van der Waals surface area (Å²) in [6.45, 7) is 3.99. The number of hydrogen-bond donors (Lipinski definition) is 0. The average molecular weight is 207 g/mol. The lowest BCUT2D eigenvalue weighted by atomic mass is 10.1. The molecule has 2 rings (SSSR count). The van der Waals surface area contributed by atoms with E-state index < -0.39 is 0 Å². The van der Waals surface area contributed by atoms with E-state index in [2.05, 4.69) is 0 Å². The van der Waals surface area contributed by atoms with Crippen LogP contribution in [-0.2, 0) is 0 Å². The maximum absolute atomic E-state index is 6.03. The van der Waals surface area contributed by atoms with Crippen LogP contribution < -0.4 is 0 Å². The molecule has 2 heteroatoms. The second kappa shape index (κ2) is 3.50. The van der Waals surface area contributed by atoms with Crippen LogP contribution >= 0.6 is 11.6 Å². The SMILES string of the molecule is Cc1coc(-c2ccc(C)c(Cl)c2)c1. The first kappa shape index (κ1) is 9.35. The van der Waals surface area contributed by atoms with Gasteiger partial charge in [0, 0.05) is 10.6 Å². The molecule has 1 aromatic carbocycles. The van der Waals surface area contributed by atoms with Crippen molar-refractivity contribution < 1.29 is 4.42 Å². The van der Waals surface area contributed by atoms with E-state index in [1.165, 1.54) is 0 Å². The number of aryl methyl sites for hydroxylation is 2. The van der Waals surface area contributed by atoms with Crippen LogP contribution in [0.1, 0.15) is 11.1 Å². The van der Waals surface area contributed by atoms with Gasteiger partial charge in [0.1, 0.15) is 5.76 Å². The molecule has 0 aliphatic carbocycles. The summed E-state index contributed by atoms with van der Waals surface area (Å²) < 4.78 is 5.39. The van der Waals surface area contributed by atoms with E-state index in [9.17, 15) is 0 Å². The number of rotatable bonds is 1. The molecule has 0 N–H and O–H groups in total. The largest absolute Gasteiger partial charge is 0.464 e. The van der Waals surface area contributed by atoms with Crippen LogP contribution in [-0.4, -0.2) is 0 Å². The molecule has 0 fully saturated rings. The predicted molar refractivity (Wildman–Crippen MR) is 58.6 cm³/mol. The Morgan fingerprint density at radius 3 is 2.50 bits per heavy atom. The van der Waals surface area contributed by atoms with E-state index in [1.54, 1.807) is 6.26 Å². The highest BCUT2D eigenvalue weighted by Gasteiger charge is 2.04. The van der Waals surface area contributed by atoms with Crippen LogP contribution in [0.3, 0.4) is 0 Å². The summed E-state index contributed by atoms with van der Waals surface area (Å²) in [5.41, 5.74) is 3.23. The van der Waals surface area contributed by atoms with E-state index in [0.717, 1.165) is 27.5 Å². The topological polar surface area (TPSA) is 13.1 Å². The Hall–Kier alpha value is -1.21. The highest BCUT2D eigenvalue weighted by Crippen LogP contribution is 2.26. The van der Waals surface area contributed by atoms with Crippen LogP contribution in [0.2, 0.25) is 5.02 Å². The Bertz CT molecular complexity index is 457. The first-order chi connectivity index (χ1) is 6.66. The normalized spacial score (nSPS) is 10.5. The van der Waals surface area contributed by atoms with Crippen molar-refractivity contribution in [3.8, 4) is 11.3 Å². The maximum atomic E-state index is 6.03. The lowest BCUT2D eigenvalue weighted by Crippen LogP contribution is -1.77. The molecule has 72 valence electrons. The molecular formula is C12H11ClO. The fourth-order valence-electron chi connectivity index (χ4n) is 1.33. The first-order valence-corrected chi connectivity index (χ1v) is 4.86. The minimum Gasteiger partial charge on any atom is -0.464 e. The Balaban J connectivity index is 2.47. The standard InChI is InChI=1S/C12H11ClO/c1-8-5-12(14-7-8)10-4-3-9(2)11(13)6-10/h3-7H,1-2H3. The van der Waals surface area contributed by atoms with E-state index in [4.69, 9.17) is 16.0 Å². The third-order valence-electron chi connectivity index (χ3n) is 2.19. The smallest absolute Gasteiger partial charge is 0.134 e. The summed E-state index contributed by atoms with van der Waals surface area (Å²) in [5, 5.41) is 0.775. The van der Waals surface area contributed by atoms with Crippen molar-refractivity contribution in [2.75, 3.05) is 0 Å². The van der Waals surface area contributed by atoms with Gasteiger partial charge in [-0.15, -0.1) is 0 Å². The summed E-state index contributed by atoms with van der Waals surface area (Å²) in [7, 11) is 0. The number of benzene rings is 1. The molecule has 1 nitrogen and oxygen atoms in total. The van der Waals surface area contributed by atoms with Gasteiger partial charge in [0.05, 0.1) is 6.26 Å². The molecule has 0 bridgehead atoms. The summed E-state index contributed by atoms with van der Waals surface area (Å²) in [6.07, 6.45) is 1.74. The van der Waals surface area contributed by atoms with E-state index >= 15 is 0 Å². The molecule has 1 heterocycles. The monoisotopic (exact) mass is 206 g/mol. The van der Waals surface area contributed by atoms with Gasteiger partial charge in [-0.05, 0) is 37.1 Å². The Kier molecular flexibility index (Phi) is 2.34. The third-order valence-corrected chi connectivity index (χ3v) is 2.59. The van der Waals surface area contributed by atoms with Crippen LogP contribution in [0.5, 0.6) is 0 Å². The molecule has 0 saturated carbocycles. The highest BCUT2D eigenvalue weighted by atomic mass is 35.5. The lowest BCUT2D eigenvalue weighted by molar-refractivity contribution is 0.580. The van der Waals surface area contributed by atoms with Gasteiger partial charge in [0.15, 0.2) is 0 Å². The van der Waals surface area contributed by atoms with Crippen molar-refractivity contribution in [3.63, 3.8) is 0 Å². The summed E-state index contributed by atoms with van der Waals surface area (Å²) in [4.78, 5) is 0. The van der Waals surface area contributed by atoms with Gasteiger partial charge in [-0.1, -0.05) is 23.7 Å². The molecule has 0 unspecified atom stereocenters. The molecule has 0 amide bonds. The zero-order valence-electron chi connectivity index (χ0n) is 8.17. The van der Waals surface area contributed by atoms with Crippen molar-refractivity contribution in [2.24, 2.45) is 0 Å². The predicted octanol–water partition coefficient (Wildman–Crippen LogP) is 4.22. The molecule has 0 spiro atoms. The van der Waals surface area contributed by atoms with Crippen LogP contribution in [0.15, 0.2) is 34.9 Å². The van der Waals surface area contributed by atoms with Crippen molar-refractivity contribution in [2.45, 2.75) is 13.8 Å².